The zero-order valence-corrected chi connectivity index (χ0v) is 34.3. The number of anilines is 3. The van der Waals surface area contributed by atoms with Crippen LogP contribution in [0.1, 0.15) is 33.6 Å². The van der Waals surface area contributed by atoms with Gasteiger partial charge in [0.2, 0.25) is 0 Å². The van der Waals surface area contributed by atoms with E-state index >= 15 is 0 Å². The van der Waals surface area contributed by atoms with E-state index in [9.17, 15) is 0 Å². The van der Waals surface area contributed by atoms with Crippen LogP contribution < -0.4 is 4.90 Å². The number of rotatable bonds is 6. The van der Waals surface area contributed by atoms with Crippen molar-refractivity contribution in [3.8, 4) is 44.5 Å². The second kappa shape index (κ2) is 14.1. The molecule has 1 unspecified atom stereocenters. The van der Waals surface area contributed by atoms with E-state index in [1.807, 2.05) is 19.1 Å². The van der Waals surface area contributed by atoms with Gasteiger partial charge in [0.15, 0.2) is 0 Å². The van der Waals surface area contributed by atoms with Gasteiger partial charge in [-0.05, 0) is 127 Å². The predicted molar refractivity (Wildman–Crippen MR) is 260 cm³/mol. The number of allylic oxidation sites excluding steroid dienone is 2. The Morgan fingerprint density at radius 1 is 0.468 bits per heavy atom. The van der Waals surface area contributed by atoms with E-state index in [1.54, 1.807) is 0 Å². The lowest BCUT2D eigenvalue weighted by Gasteiger charge is -2.36. The van der Waals surface area contributed by atoms with Gasteiger partial charge in [-0.2, -0.15) is 0 Å². The number of aryl methyl sites for hydroxylation is 1. The summed E-state index contributed by atoms with van der Waals surface area (Å²) in [5.41, 5.74) is 19.6. The number of fused-ring (bicyclic) bond motifs is 15. The van der Waals surface area contributed by atoms with Crippen molar-refractivity contribution in [1.29, 1.82) is 0 Å². The molecule has 0 N–H and O–H groups in total. The molecule has 0 amide bonds. The fraction of sp³-hybridized carbons (Fsp3) is 0.0333. The van der Waals surface area contributed by atoms with Crippen molar-refractivity contribution in [3.63, 3.8) is 0 Å². The maximum Gasteiger partial charge on any atom is 0.135 e. The summed E-state index contributed by atoms with van der Waals surface area (Å²) in [7, 11) is 0. The fourth-order valence-corrected chi connectivity index (χ4v) is 10.6. The van der Waals surface area contributed by atoms with E-state index in [0.29, 0.717) is 0 Å². The average Bonchev–Trinajstić information content (AvgIpc) is 3.78. The van der Waals surface area contributed by atoms with Crippen LogP contribution in [0.25, 0.3) is 72.3 Å². The first-order chi connectivity index (χ1) is 30.6. The standard InChI is InChI=1S/C60H41NO/c1-3-4-19-46-39(2)62-58-36-33-45(38-53(46)58)61(43-30-27-41(28-31-43)40-16-6-5-7-17-40)44-32-35-56-52(37-44)49-22-11-10-21-48(49)50-23-12-14-25-54(50)60(56)55-26-15-13-24-51(55)59-47-20-9-8-18-42(47)29-34-57(59)60/h3-38H,1H2,2H3/b19-4-. The van der Waals surface area contributed by atoms with E-state index in [1.165, 1.54) is 77.5 Å². The SMILES string of the molecule is C=C/C=C\c1c(C)oc2ccc(N(c3ccc(-c4ccccc4)cc3)c3ccc4c(c3)-c3ccccc3-c3ccccc3C43c4ccccc4-c4c3ccc3ccccc43)cc12. The molecule has 2 aliphatic rings. The molecule has 12 rings (SSSR count). The molecule has 1 heterocycles. The molecular formula is C60H41NO. The Hall–Kier alpha value is -7.94. The highest BCUT2D eigenvalue weighted by Crippen LogP contribution is 2.63. The molecule has 0 saturated heterocycles. The minimum atomic E-state index is -0.582. The fourth-order valence-electron chi connectivity index (χ4n) is 10.6. The summed E-state index contributed by atoms with van der Waals surface area (Å²) in [4.78, 5) is 2.40. The van der Waals surface area contributed by atoms with Crippen LogP contribution in [0.5, 0.6) is 0 Å². The number of hydrogen-bond donors (Lipinski definition) is 0. The maximum absolute atomic E-state index is 6.30. The topological polar surface area (TPSA) is 16.4 Å². The molecule has 0 saturated carbocycles. The van der Waals surface area contributed by atoms with Crippen LogP contribution in [0.2, 0.25) is 0 Å². The molecule has 0 bridgehead atoms. The van der Waals surface area contributed by atoms with Crippen LogP contribution in [0.15, 0.2) is 223 Å². The molecule has 1 aromatic heterocycles. The highest BCUT2D eigenvalue weighted by molar-refractivity contribution is 6.06. The lowest BCUT2D eigenvalue weighted by atomic mass is 9.65. The van der Waals surface area contributed by atoms with Crippen molar-refractivity contribution in [2.24, 2.45) is 0 Å². The minimum Gasteiger partial charge on any atom is -0.461 e. The second-order valence-corrected chi connectivity index (χ2v) is 16.4. The Morgan fingerprint density at radius 2 is 1.05 bits per heavy atom. The third kappa shape index (κ3) is 5.23. The molecule has 0 fully saturated rings. The van der Waals surface area contributed by atoms with Gasteiger partial charge in [0, 0.05) is 28.0 Å². The Morgan fingerprint density at radius 3 is 1.84 bits per heavy atom. The highest BCUT2D eigenvalue weighted by Gasteiger charge is 2.50. The van der Waals surface area contributed by atoms with Crippen molar-refractivity contribution in [1.82, 2.24) is 0 Å². The summed E-state index contributed by atoms with van der Waals surface area (Å²) in [6.07, 6.45) is 5.88. The molecule has 1 spiro atoms. The quantitative estimate of drug-likeness (QED) is 0.156. The first-order valence-electron chi connectivity index (χ1n) is 21.4. The molecular weight excluding hydrogens is 751 g/mol. The van der Waals surface area contributed by atoms with Gasteiger partial charge in [0.05, 0.1) is 5.41 Å². The van der Waals surface area contributed by atoms with E-state index in [-0.39, 0.29) is 0 Å². The zero-order valence-electron chi connectivity index (χ0n) is 34.3. The van der Waals surface area contributed by atoms with Gasteiger partial charge < -0.3 is 9.32 Å². The van der Waals surface area contributed by atoms with Gasteiger partial charge in [-0.3, -0.25) is 0 Å². The summed E-state index contributed by atoms with van der Waals surface area (Å²) < 4.78 is 6.30. The lowest BCUT2D eigenvalue weighted by Crippen LogP contribution is -2.29. The van der Waals surface area contributed by atoms with Crippen molar-refractivity contribution in [2.75, 3.05) is 4.90 Å². The van der Waals surface area contributed by atoms with Gasteiger partial charge in [-0.15, -0.1) is 0 Å². The van der Waals surface area contributed by atoms with Crippen LogP contribution in [-0.4, -0.2) is 0 Å². The van der Waals surface area contributed by atoms with E-state index < -0.39 is 5.41 Å². The predicted octanol–water partition coefficient (Wildman–Crippen LogP) is 16.2. The molecule has 10 aromatic rings. The highest BCUT2D eigenvalue weighted by atomic mass is 16.3. The molecule has 292 valence electrons. The Balaban J connectivity index is 1.15. The first-order valence-corrected chi connectivity index (χ1v) is 21.4. The number of furan rings is 1. The first kappa shape index (κ1) is 36.0. The molecule has 1 atom stereocenters. The number of nitrogens with zero attached hydrogens (tertiary/aromatic N) is 1. The number of hydrogen-bond acceptors (Lipinski definition) is 2. The molecule has 2 aliphatic carbocycles. The Bertz CT molecular complexity index is 3440. The van der Waals surface area contributed by atoms with Crippen molar-refractivity contribution in [3.05, 3.63) is 252 Å². The van der Waals surface area contributed by atoms with E-state index in [2.05, 4.69) is 218 Å². The maximum atomic E-state index is 6.30. The molecule has 2 nitrogen and oxygen atoms in total. The smallest absolute Gasteiger partial charge is 0.135 e. The zero-order chi connectivity index (χ0) is 41.4. The van der Waals surface area contributed by atoms with Gasteiger partial charge in [0.1, 0.15) is 11.3 Å². The molecule has 0 aliphatic heterocycles. The average molecular weight is 792 g/mol. The Labute approximate surface area is 362 Å². The molecule has 62 heavy (non-hydrogen) atoms. The summed E-state index contributed by atoms with van der Waals surface area (Å²) in [5.74, 6) is 0.880. The van der Waals surface area contributed by atoms with Crippen LogP contribution >= 0.6 is 0 Å². The summed E-state index contributed by atoms with van der Waals surface area (Å²) in [6.45, 7) is 5.96. The van der Waals surface area contributed by atoms with Crippen molar-refractivity contribution >= 4 is 44.9 Å². The minimum absolute atomic E-state index is 0.582. The number of benzene rings is 9. The summed E-state index contributed by atoms with van der Waals surface area (Å²) >= 11 is 0. The van der Waals surface area contributed by atoms with Crippen LogP contribution in [0, 0.1) is 6.92 Å². The lowest BCUT2D eigenvalue weighted by molar-refractivity contribution is 0.577. The monoisotopic (exact) mass is 791 g/mol. The summed E-state index contributed by atoms with van der Waals surface area (Å²) in [5, 5.41) is 3.59. The third-order valence-electron chi connectivity index (χ3n) is 13.2. The molecule has 2 heteroatoms. The normalized spacial score (nSPS) is 14.6. The van der Waals surface area contributed by atoms with Crippen LogP contribution in [-0.2, 0) is 5.41 Å². The van der Waals surface area contributed by atoms with E-state index in [4.69, 9.17) is 4.42 Å². The molecule has 9 aromatic carbocycles. The van der Waals surface area contributed by atoms with E-state index in [0.717, 1.165) is 39.4 Å². The molecule has 0 radical (unpaired) electrons. The van der Waals surface area contributed by atoms with Gasteiger partial charge in [0.25, 0.3) is 0 Å². The van der Waals surface area contributed by atoms with Gasteiger partial charge in [-0.1, -0.05) is 183 Å². The van der Waals surface area contributed by atoms with Gasteiger partial charge >= 0.3 is 0 Å². The van der Waals surface area contributed by atoms with Gasteiger partial charge in [-0.25, -0.2) is 0 Å². The van der Waals surface area contributed by atoms with Crippen LogP contribution in [0.3, 0.4) is 0 Å². The van der Waals surface area contributed by atoms with Crippen molar-refractivity contribution < 1.29 is 4.42 Å². The largest absolute Gasteiger partial charge is 0.461 e. The summed E-state index contributed by atoms with van der Waals surface area (Å²) in [6, 6.07) is 74.1. The van der Waals surface area contributed by atoms with Crippen molar-refractivity contribution in [2.45, 2.75) is 12.3 Å². The van der Waals surface area contributed by atoms with Crippen LogP contribution in [0.4, 0.5) is 17.1 Å². The second-order valence-electron chi connectivity index (χ2n) is 16.4. The third-order valence-corrected chi connectivity index (χ3v) is 13.2. The Kier molecular flexibility index (Phi) is 8.17.